The van der Waals surface area contributed by atoms with E-state index < -0.39 is 0 Å². The lowest BCUT2D eigenvalue weighted by atomic mass is 10.5. The Kier molecular flexibility index (Phi) is 4.30. The van der Waals surface area contributed by atoms with Crippen LogP contribution in [-0.4, -0.2) is 29.2 Å². The van der Waals surface area contributed by atoms with Gasteiger partial charge in [-0.1, -0.05) is 6.08 Å². The van der Waals surface area contributed by atoms with Gasteiger partial charge in [-0.25, -0.2) is 0 Å². The van der Waals surface area contributed by atoms with Crippen molar-refractivity contribution in [3.63, 3.8) is 0 Å². The fourth-order valence-electron chi connectivity index (χ4n) is 0.843. The van der Waals surface area contributed by atoms with Crippen LogP contribution in [0.4, 0.5) is 5.82 Å². The van der Waals surface area contributed by atoms with Gasteiger partial charge in [0.05, 0.1) is 6.54 Å². The number of hydrogen-bond donors (Lipinski definition) is 2. The highest BCUT2D eigenvalue weighted by atomic mass is 16.1. The van der Waals surface area contributed by atoms with Crippen molar-refractivity contribution in [2.45, 2.75) is 0 Å². The smallest absolute Gasteiger partial charge is 0.239 e. The summed E-state index contributed by atoms with van der Waals surface area (Å²) in [5.74, 6) is 0.310. The molecule has 5 heteroatoms. The molecule has 0 radical (unpaired) electrons. The molecule has 0 aliphatic rings. The molecule has 14 heavy (non-hydrogen) atoms. The summed E-state index contributed by atoms with van der Waals surface area (Å²) in [6.45, 7) is 4.37. The monoisotopic (exact) mass is 192 g/mol. The molecule has 0 spiro atoms. The molecule has 1 aromatic heterocycles. The van der Waals surface area contributed by atoms with Gasteiger partial charge in [0.15, 0.2) is 5.82 Å². The minimum Gasteiger partial charge on any atom is -0.308 e. The molecule has 0 aliphatic heterocycles. The molecule has 5 nitrogen and oxygen atoms in total. The van der Waals surface area contributed by atoms with Crippen molar-refractivity contribution in [1.82, 2.24) is 15.5 Å². The molecule has 1 rings (SSSR count). The highest BCUT2D eigenvalue weighted by Crippen LogP contribution is 1.96. The Morgan fingerprint density at radius 3 is 3.14 bits per heavy atom. The van der Waals surface area contributed by atoms with Gasteiger partial charge < -0.3 is 10.6 Å². The van der Waals surface area contributed by atoms with E-state index in [0.717, 1.165) is 0 Å². The summed E-state index contributed by atoms with van der Waals surface area (Å²) in [7, 11) is 0. The second-order valence-electron chi connectivity index (χ2n) is 2.58. The molecule has 0 unspecified atom stereocenters. The van der Waals surface area contributed by atoms with Gasteiger partial charge in [-0.2, -0.15) is 5.10 Å². The van der Waals surface area contributed by atoms with Gasteiger partial charge in [0.1, 0.15) is 0 Å². The van der Waals surface area contributed by atoms with Gasteiger partial charge in [-0.15, -0.1) is 11.7 Å². The predicted molar refractivity (Wildman–Crippen MR) is 53.7 cm³/mol. The maximum absolute atomic E-state index is 11.2. The maximum atomic E-state index is 11.2. The Bertz CT molecular complexity index is 299. The zero-order chi connectivity index (χ0) is 10.2. The average molecular weight is 192 g/mol. The lowest BCUT2D eigenvalue weighted by Gasteiger charge is -2.02. The van der Waals surface area contributed by atoms with Crippen LogP contribution in [0.25, 0.3) is 0 Å². The normalized spacial score (nSPS) is 9.43. The largest absolute Gasteiger partial charge is 0.308 e. The van der Waals surface area contributed by atoms with Gasteiger partial charge in [-0.3, -0.25) is 4.79 Å². The van der Waals surface area contributed by atoms with Crippen LogP contribution >= 0.6 is 0 Å². The van der Waals surface area contributed by atoms with Gasteiger partial charge in [0.25, 0.3) is 0 Å². The Morgan fingerprint density at radius 1 is 1.64 bits per heavy atom. The third-order valence-electron chi connectivity index (χ3n) is 1.41. The summed E-state index contributed by atoms with van der Waals surface area (Å²) in [5.41, 5.74) is 0. The Labute approximate surface area is 82.2 Å². The maximum Gasteiger partial charge on any atom is 0.239 e. The number of anilines is 1. The Morgan fingerprint density at radius 2 is 2.50 bits per heavy atom. The van der Waals surface area contributed by atoms with Crippen LogP contribution in [0.15, 0.2) is 31.0 Å². The average Bonchev–Trinajstić information content (AvgIpc) is 2.20. The van der Waals surface area contributed by atoms with E-state index >= 15 is 0 Å². The van der Waals surface area contributed by atoms with Crippen LogP contribution in [0.1, 0.15) is 0 Å². The fourth-order valence-corrected chi connectivity index (χ4v) is 0.843. The van der Waals surface area contributed by atoms with E-state index in [4.69, 9.17) is 0 Å². The number of rotatable bonds is 5. The fraction of sp³-hybridized carbons (Fsp3) is 0.222. The molecule has 0 aromatic carbocycles. The molecule has 1 amide bonds. The molecule has 74 valence electrons. The third-order valence-corrected chi connectivity index (χ3v) is 1.41. The van der Waals surface area contributed by atoms with Crippen LogP contribution in [0.2, 0.25) is 0 Å². The molecule has 2 N–H and O–H groups in total. The van der Waals surface area contributed by atoms with Gasteiger partial charge in [-0.05, 0) is 12.1 Å². The summed E-state index contributed by atoms with van der Waals surface area (Å²) >= 11 is 0. The van der Waals surface area contributed by atoms with Crippen molar-refractivity contribution in [3.05, 3.63) is 31.0 Å². The van der Waals surface area contributed by atoms with Crippen LogP contribution in [-0.2, 0) is 4.79 Å². The first-order valence-corrected chi connectivity index (χ1v) is 4.22. The molecule has 0 bridgehead atoms. The highest BCUT2D eigenvalue weighted by Gasteiger charge is 2.00. The molecule has 1 heterocycles. The minimum absolute atomic E-state index is 0.146. The van der Waals surface area contributed by atoms with Gasteiger partial charge >= 0.3 is 0 Å². The molecule has 0 aliphatic carbocycles. The molecule has 1 aromatic rings. The molecule has 0 atom stereocenters. The van der Waals surface area contributed by atoms with E-state index in [-0.39, 0.29) is 12.5 Å². The van der Waals surface area contributed by atoms with E-state index in [1.54, 1.807) is 24.4 Å². The number of hydrogen-bond acceptors (Lipinski definition) is 4. The predicted octanol–water partition coefficient (Wildman–Crippen LogP) is 0.191. The van der Waals surface area contributed by atoms with Crippen molar-refractivity contribution >= 4 is 11.7 Å². The first-order chi connectivity index (χ1) is 6.83. The van der Waals surface area contributed by atoms with Gasteiger partial charge in [0.2, 0.25) is 5.91 Å². The minimum atomic E-state index is -0.146. The summed E-state index contributed by atoms with van der Waals surface area (Å²) in [4.78, 5) is 11.2. The highest BCUT2D eigenvalue weighted by molar-refractivity contribution is 5.91. The Balaban J connectivity index is 2.31. The van der Waals surface area contributed by atoms with E-state index in [0.29, 0.717) is 12.4 Å². The van der Waals surface area contributed by atoms with Crippen molar-refractivity contribution in [3.8, 4) is 0 Å². The first-order valence-electron chi connectivity index (χ1n) is 4.22. The quantitative estimate of drug-likeness (QED) is 0.516. The number of nitrogens with one attached hydrogen (secondary N) is 2. The second kappa shape index (κ2) is 5.82. The summed E-state index contributed by atoms with van der Waals surface area (Å²) in [6, 6.07) is 3.39. The van der Waals surface area contributed by atoms with Crippen molar-refractivity contribution in [2.75, 3.05) is 18.4 Å². The van der Waals surface area contributed by atoms with Gasteiger partial charge in [0, 0.05) is 12.7 Å². The van der Waals surface area contributed by atoms with Crippen molar-refractivity contribution in [1.29, 1.82) is 0 Å². The molecule has 0 saturated heterocycles. The van der Waals surface area contributed by atoms with Crippen LogP contribution in [0, 0.1) is 0 Å². The van der Waals surface area contributed by atoms with Crippen LogP contribution in [0.5, 0.6) is 0 Å². The number of amides is 1. The molecular formula is C9H12N4O. The molecule has 0 fully saturated rings. The number of carbonyl (C=O) groups is 1. The zero-order valence-electron chi connectivity index (χ0n) is 7.73. The Hall–Kier alpha value is -1.75. The van der Waals surface area contributed by atoms with Crippen LogP contribution < -0.4 is 10.6 Å². The number of aromatic nitrogens is 2. The number of nitrogens with zero attached hydrogens (tertiary/aromatic N) is 2. The molecule has 0 saturated carbocycles. The topological polar surface area (TPSA) is 66.9 Å². The van der Waals surface area contributed by atoms with E-state index in [9.17, 15) is 4.79 Å². The molecular weight excluding hydrogens is 180 g/mol. The van der Waals surface area contributed by atoms with E-state index in [1.807, 2.05) is 0 Å². The summed E-state index contributed by atoms with van der Waals surface area (Å²) in [5, 5.41) is 12.8. The first kappa shape index (κ1) is 10.3. The summed E-state index contributed by atoms with van der Waals surface area (Å²) in [6.07, 6.45) is 3.24. The lowest BCUT2D eigenvalue weighted by molar-refractivity contribution is -0.115. The second-order valence-corrected chi connectivity index (χ2v) is 2.58. The number of carbonyl (C=O) groups excluding carboxylic acids is 1. The lowest BCUT2D eigenvalue weighted by Crippen LogP contribution is -2.28. The van der Waals surface area contributed by atoms with Crippen molar-refractivity contribution in [2.24, 2.45) is 0 Å². The van der Waals surface area contributed by atoms with E-state index in [1.165, 1.54) is 0 Å². The third kappa shape index (κ3) is 3.77. The van der Waals surface area contributed by atoms with Crippen LogP contribution in [0.3, 0.4) is 0 Å². The zero-order valence-corrected chi connectivity index (χ0v) is 7.73. The van der Waals surface area contributed by atoms with E-state index in [2.05, 4.69) is 27.4 Å². The SMILES string of the molecule is C=CCNCC(=O)Nc1cccnn1. The standard InChI is InChI=1S/C9H12N4O/c1-2-5-10-7-9(14)12-8-4-3-6-11-13-8/h2-4,6,10H,1,5,7H2,(H,12,13,14). The summed E-state index contributed by atoms with van der Waals surface area (Å²) < 4.78 is 0. The van der Waals surface area contributed by atoms with Crippen molar-refractivity contribution < 1.29 is 4.79 Å².